The van der Waals surface area contributed by atoms with Crippen LogP contribution in [0.3, 0.4) is 0 Å². The van der Waals surface area contributed by atoms with Gasteiger partial charge in [-0.1, -0.05) is 0 Å². The lowest BCUT2D eigenvalue weighted by Gasteiger charge is -2.07. The molecule has 0 bridgehead atoms. The summed E-state index contributed by atoms with van der Waals surface area (Å²) >= 11 is 2.78. The fourth-order valence-electron chi connectivity index (χ4n) is 1.00. The average molecular weight is 321 g/mol. The molecule has 84 valence electrons. The zero-order valence-electron chi connectivity index (χ0n) is 7.34. The molecule has 0 spiro atoms. The molecule has 0 atom stereocenters. The molecule has 0 fully saturated rings. The van der Waals surface area contributed by atoms with Crippen molar-refractivity contribution in [2.24, 2.45) is 0 Å². The number of pyridine rings is 1. The smallest absolute Gasteiger partial charge is 0.227 e. The van der Waals surface area contributed by atoms with Gasteiger partial charge in [-0.25, -0.2) is 22.2 Å². The molecule has 0 saturated carbocycles. The van der Waals surface area contributed by atoms with Crippen molar-refractivity contribution in [2.75, 3.05) is 0 Å². The van der Waals surface area contributed by atoms with Crippen LogP contribution in [-0.4, -0.2) is 13.4 Å². The van der Waals surface area contributed by atoms with Crippen molar-refractivity contribution in [3.05, 3.63) is 21.8 Å². The van der Waals surface area contributed by atoms with Gasteiger partial charge in [-0.3, -0.25) is 0 Å². The van der Waals surface area contributed by atoms with Gasteiger partial charge in [-0.05, 0) is 34.5 Å². The van der Waals surface area contributed by atoms with Crippen molar-refractivity contribution in [1.82, 2.24) is 4.98 Å². The van der Waals surface area contributed by atoms with Crippen LogP contribution in [0, 0.1) is 6.92 Å². The molecule has 0 aromatic carbocycles. The minimum absolute atomic E-state index is 0.117. The number of aromatic nitrogens is 1. The van der Waals surface area contributed by atoms with Crippen LogP contribution < -0.4 is 0 Å². The summed E-state index contributed by atoms with van der Waals surface area (Å²) in [5.41, 5.74) is -0.217. The molecule has 0 aliphatic carbocycles. The van der Waals surface area contributed by atoms with E-state index in [1.807, 2.05) is 0 Å². The summed E-state index contributed by atoms with van der Waals surface area (Å²) in [6, 6.07) is 1.01. The van der Waals surface area contributed by atoms with Crippen molar-refractivity contribution in [1.29, 1.82) is 0 Å². The first-order valence-electron chi connectivity index (χ1n) is 3.63. The number of rotatable bonds is 2. The second kappa shape index (κ2) is 4.31. The molecule has 0 unspecified atom stereocenters. The van der Waals surface area contributed by atoms with Gasteiger partial charge in [0.05, 0.1) is 5.56 Å². The third kappa shape index (κ3) is 2.85. The van der Waals surface area contributed by atoms with Crippen LogP contribution in [0.1, 0.15) is 17.6 Å². The van der Waals surface area contributed by atoms with E-state index in [1.165, 1.54) is 6.92 Å². The summed E-state index contributed by atoms with van der Waals surface area (Å²) in [7, 11) is 1.03. The number of hydrogen-bond donors (Lipinski definition) is 0. The van der Waals surface area contributed by atoms with Crippen molar-refractivity contribution >= 4 is 35.7 Å². The van der Waals surface area contributed by atoms with Crippen molar-refractivity contribution in [3.63, 3.8) is 0 Å². The molecule has 8 heteroatoms. The number of aryl methyl sites for hydroxylation is 1. The lowest BCUT2D eigenvalue weighted by atomic mass is 10.2. The third-order valence-electron chi connectivity index (χ3n) is 1.66. The summed E-state index contributed by atoms with van der Waals surface area (Å²) in [4.78, 5) is 3.44. The molecule has 0 amide bonds. The van der Waals surface area contributed by atoms with E-state index in [-0.39, 0.29) is 15.7 Å². The zero-order chi connectivity index (χ0) is 11.8. The van der Waals surface area contributed by atoms with E-state index in [9.17, 15) is 17.2 Å². The summed E-state index contributed by atoms with van der Waals surface area (Å²) < 4.78 is 46.5. The van der Waals surface area contributed by atoms with Gasteiger partial charge in [0.15, 0.2) is 5.03 Å². The summed E-state index contributed by atoms with van der Waals surface area (Å²) in [5, 5.41) is -0.446. The van der Waals surface area contributed by atoms with Crippen LogP contribution in [0.15, 0.2) is 15.7 Å². The Morgan fingerprint density at radius 1 is 1.53 bits per heavy atom. The monoisotopic (exact) mass is 319 g/mol. The van der Waals surface area contributed by atoms with Crippen LogP contribution >= 0.6 is 26.6 Å². The third-order valence-corrected chi connectivity index (χ3v) is 3.45. The minimum Gasteiger partial charge on any atom is -0.227 e. The van der Waals surface area contributed by atoms with Gasteiger partial charge in [-0.2, -0.15) is 0 Å². The van der Waals surface area contributed by atoms with Gasteiger partial charge in [0.1, 0.15) is 4.60 Å². The molecule has 0 radical (unpaired) electrons. The Balaban J connectivity index is 3.45. The van der Waals surface area contributed by atoms with Crippen molar-refractivity contribution < 1.29 is 17.2 Å². The highest BCUT2D eigenvalue weighted by molar-refractivity contribution is 9.10. The predicted molar refractivity (Wildman–Crippen MR) is 54.7 cm³/mol. The highest BCUT2D eigenvalue weighted by Crippen LogP contribution is 2.30. The summed E-state index contributed by atoms with van der Waals surface area (Å²) in [5.74, 6) is 0. The van der Waals surface area contributed by atoms with Crippen molar-refractivity contribution in [2.45, 2.75) is 18.4 Å². The van der Waals surface area contributed by atoms with E-state index >= 15 is 0 Å². The summed E-state index contributed by atoms with van der Waals surface area (Å²) in [6.07, 6.45) is -2.72. The fourth-order valence-corrected chi connectivity index (χ4v) is 2.55. The van der Waals surface area contributed by atoms with E-state index in [2.05, 4.69) is 20.9 Å². The largest absolute Gasteiger partial charge is 0.278 e. The van der Waals surface area contributed by atoms with Crippen LogP contribution in [0.5, 0.6) is 0 Å². The van der Waals surface area contributed by atoms with E-state index in [1.54, 1.807) is 0 Å². The van der Waals surface area contributed by atoms with Crippen LogP contribution in [0.4, 0.5) is 8.78 Å². The molecule has 1 heterocycles. The molecule has 0 N–H and O–H groups in total. The molecule has 0 saturated heterocycles. The van der Waals surface area contributed by atoms with Crippen LogP contribution in [0.25, 0.3) is 0 Å². The van der Waals surface area contributed by atoms with Gasteiger partial charge < -0.3 is 0 Å². The molecule has 0 aliphatic heterocycles. The maximum Gasteiger partial charge on any atom is 0.278 e. The molecule has 1 aromatic rings. The zero-order valence-corrected chi connectivity index (χ0v) is 10.5. The topological polar surface area (TPSA) is 47.0 Å². The van der Waals surface area contributed by atoms with Gasteiger partial charge in [0.2, 0.25) is 0 Å². The number of alkyl halides is 2. The normalized spacial score (nSPS) is 12.1. The van der Waals surface area contributed by atoms with E-state index in [0.717, 1.165) is 6.07 Å². The van der Waals surface area contributed by atoms with E-state index in [4.69, 9.17) is 10.7 Å². The van der Waals surface area contributed by atoms with Gasteiger partial charge in [0.25, 0.3) is 15.5 Å². The number of hydrogen-bond acceptors (Lipinski definition) is 3. The second-order valence-corrected chi connectivity index (χ2v) is 5.98. The number of halogens is 4. The molecule has 15 heavy (non-hydrogen) atoms. The standard InChI is InChI=1S/C7H5BrClF2NO2S/c1-3-2-4(15(9,13)14)12-6(8)5(3)7(10)11/h2,7H,1H3. The molecular weight excluding hydrogens is 316 g/mol. The van der Waals surface area contributed by atoms with Gasteiger partial charge in [-0.15, -0.1) is 0 Å². The maximum absolute atomic E-state index is 12.5. The molecule has 3 nitrogen and oxygen atoms in total. The fraction of sp³-hybridized carbons (Fsp3) is 0.286. The van der Waals surface area contributed by atoms with E-state index in [0.29, 0.717) is 0 Å². The second-order valence-electron chi connectivity index (χ2n) is 2.72. The van der Waals surface area contributed by atoms with Crippen LogP contribution in [0.2, 0.25) is 0 Å². The first-order chi connectivity index (χ1) is 6.73. The predicted octanol–water partition coefficient (Wildman–Crippen LogP) is 3.02. The lowest BCUT2D eigenvalue weighted by Crippen LogP contribution is -2.01. The van der Waals surface area contributed by atoms with Gasteiger partial charge in [0, 0.05) is 10.7 Å². The highest BCUT2D eigenvalue weighted by atomic mass is 79.9. The number of nitrogens with zero attached hydrogens (tertiary/aromatic N) is 1. The summed E-state index contributed by atoms with van der Waals surface area (Å²) in [6.45, 7) is 1.36. The van der Waals surface area contributed by atoms with Crippen LogP contribution in [-0.2, 0) is 9.05 Å². The molecular formula is C7H5BrClF2NO2S. The Morgan fingerprint density at radius 3 is 2.40 bits per heavy atom. The lowest BCUT2D eigenvalue weighted by molar-refractivity contribution is 0.149. The Kier molecular flexibility index (Phi) is 3.67. The first-order valence-corrected chi connectivity index (χ1v) is 6.73. The van der Waals surface area contributed by atoms with Gasteiger partial charge >= 0.3 is 0 Å². The average Bonchev–Trinajstić information content (AvgIpc) is 1.99. The first kappa shape index (κ1) is 12.8. The molecule has 1 rings (SSSR count). The Bertz CT molecular complexity index is 469. The van der Waals surface area contributed by atoms with Crippen molar-refractivity contribution in [3.8, 4) is 0 Å². The Labute approximate surface area is 98.0 Å². The van der Waals surface area contributed by atoms with E-state index < -0.39 is 20.5 Å². The maximum atomic E-state index is 12.5. The molecule has 1 aromatic heterocycles. The molecule has 0 aliphatic rings. The Hall–Kier alpha value is -0.270. The Morgan fingerprint density at radius 2 is 2.07 bits per heavy atom. The SMILES string of the molecule is Cc1cc(S(=O)(=O)Cl)nc(Br)c1C(F)F. The quantitative estimate of drug-likeness (QED) is 0.621. The minimum atomic E-state index is -4.00. The highest BCUT2D eigenvalue weighted by Gasteiger charge is 2.21.